The molecule has 9 nitrogen and oxygen atoms in total. The minimum absolute atomic E-state index is 0.0779. The maximum absolute atomic E-state index is 14.5. The van der Waals surface area contributed by atoms with Crippen molar-refractivity contribution in [2.75, 3.05) is 45.4 Å². The maximum atomic E-state index is 14.5. The predicted molar refractivity (Wildman–Crippen MR) is 152 cm³/mol. The van der Waals surface area contributed by atoms with E-state index in [0.717, 1.165) is 30.8 Å². The van der Waals surface area contributed by atoms with Crippen molar-refractivity contribution in [2.24, 2.45) is 17.3 Å². The molecule has 0 aromatic rings. The highest BCUT2D eigenvalue weighted by Gasteiger charge is 2.56. The van der Waals surface area contributed by atoms with Crippen LogP contribution < -0.4 is 10.7 Å². The summed E-state index contributed by atoms with van der Waals surface area (Å²) in [5.74, 6) is -1.63. The molecule has 0 aromatic carbocycles. The standard InChI is InChI=1S/C27H46ClF3N6O3S/c1-26(16-40-3)10-11-36(20-15-33-22-14-21(28)34-37(22)24(20)26)19-6-4-17(5-7-19)23(27(29,30)31)35(2)25(38)18-8-12-41(32,39)13-9-18/h17-24,32-34H,4-16H2,1-3H3/t17?,18?,19?,20?,21?,22?,23-,24?,26-,41?/m0/s1. The zero-order chi connectivity index (χ0) is 29.7. The molecule has 0 radical (unpaired) electrons. The Morgan fingerprint density at radius 2 is 1.88 bits per heavy atom. The van der Waals surface area contributed by atoms with Gasteiger partial charge in [-0.3, -0.25) is 19.8 Å². The number of halogens is 4. The van der Waals surface area contributed by atoms with Gasteiger partial charge in [-0.15, -0.1) is 11.6 Å². The minimum Gasteiger partial charge on any atom is -0.384 e. The number of amides is 1. The Morgan fingerprint density at radius 3 is 2.49 bits per heavy atom. The lowest BCUT2D eigenvalue weighted by atomic mass is 9.70. The molecule has 5 aliphatic rings. The molecule has 0 spiro atoms. The van der Waals surface area contributed by atoms with Crippen LogP contribution in [0.5, 0.6) is 0 Å². The fraction of sp³-hybridized carbons (Fsp3) is 0.963. The molecule has 6 atom stereocenters. The number of alkyl halides is 4. The van der Waals surface area contributed by atoms with Gasteiger partial charge in [0.15, 0.2) is 0 Å². The lowest BCUT2D eigenvalue weighted by Crippen LogP contribution is -2.75. The molecular weight excluding hydrogens is 581 g/mol. The number of carbonyl (C=O) groups excluding carboxylic acids is 1. The third-order valence-corrected chi connectivity index (χ3v) is 12.6. The molecule has 5 fully saturated rings. The smallest absolute Gasteiger partial charge is 0.384 e. The molecule has 236 valence electrons. The Kier molecular flexibility index (Phi) is 9.29. The normalized spacial score (nSPS) is 43.2. The van der Waals surface area contributed by atoms with Gasteiger partial charge in [0.05, 0.1) is 24.3 Å². The van der Waals surface area contributed by atoms with E-state index in [-0.39, 0.29) is 59.6 Å². The number of ether oxygens (including phenoxy) is 1. The van der Waals surface area contributed by atoms with E-state index in [4.69, 9.17) is 21.1 Å². The summed E-state index contributed by atoms with van der Waals surface area (Å²) in [6, 6.07) is -1.32. The first-order chi connectivity index (χ1) is 19.2. The van der Waals surface area contributed by atoms with E-state index < -0.39 is 39.7 Å². The Balaban J connectivity index is 1.27. The number of nitrogens with one attached hydrogen (secondary N) is 3. The van der Waals surface area contributed by atoms with Gasteiger partial charge in [0.25, 0.3) is 0 Å². The van der Waals surface area contributed by atoms with E-state index in [1.165, 1.54) is 7.05 Å². The van der Waals surface area contributed by atoms with E-state index in [9.17, 15) is 22.2 Å². The van der Waals surface area contributed by atoms with Gasteiger partial charge < -0.3 is 9.64 Å². The number of piperidine rings is 1. The van der Waals surface area contributed by atoms with E-state index in [2.05, 4.69) is 27.6 Å². The molecule has 1 amide bonds. The maximum Gasteiger partial charge on any atom is 0.409 e. The molecule has 0 aromatic heterocycles. The fourth-order valence-electron chi connectivity index (χ4n) is 8.50. The van der Waals surface area contributed by atoms with E-state index >= 15 is 0 Å². The van der Waals surface area contributed by atoms with Gasteiger partial charge in [-0.1, -0.05) is 6.92 Å². The largest absolute Gasteiger partial charge is 0.409 e. The second-order valence-corrected chi connectivity index (χ2v) is 16.2. The molecule has 4 heterocycles. The Labute approximate surface area is 247 Å². The summed E-state index contributed by atoms with van der Waals surface area (Å²) in [6.45, 7) is 4.55. The monoisotopic (exact) mass is 626 g/mol. The van der Waals surface area contributed by atoms with Crippen LogP contribution in [0.15, 0.2) is 0 Å². The SMILES string of the molecule is COC[C@]1(C)CCN(C2CCC([C@H](N(C)C(=O)C3CCS(=N)(=O)CC3)C(F)(F)F)CC2)C2CNC3CC(Cl)NN3C21. The van der Waals surface area contributed by atoms with Crippen molar-refractivity contribution < 1.29 is 26.9 Å². The number of rotatable bonds is 6. The third kappa shape index (κ3) is 6.42. The summed E-state index contributed by atoms with van der Waals surface area (Å²) in [7, 11) is 0.301. The molecule has 4 unspecified atom stereocenters. The van der Waals surface area contributed by atoms with Gasteiger partial charge in [0.1, 0.15) is 6.04 Å². The molecule has 5 rings (SSSR count). The lowest BCUT2D eigenvalue weighted by molar-refractivity contribution is -0.203. The van der Waals surface area contributed by atoms with Crippen LogP contribution in [-0.4, -0.2) is 112 Å². The van der Waals surface area contributed by atoms with Crippen molar-refractivity contribution in [1.29, 1.82) is 4.78 Å². The highest BCUT2D eigenvalue weighted by atomic mass is 35.5. The first-order valence-electron chi connectivity index (χ1n) is 15.0. The number of methoxy groups -OCH3 is 1. The number of nitrogens with zero attached hydrogens (tertiary/aromatic N) is 3. The highest BCUT2D eigenvalue weighted by Crippen LogP contribution is 2.45. The van der Waals surface area contributed by atoms with Gasteiger partial charge in [-0.2, -0.15) is 13.2 Å². The topological polar surface area (TPSA) is 101 Å². The first kappa shape index (κ1) is 31.7. The van der Waals surface area contributed by atoms with Crippen LogP contribution in [0.25, 0.3) is 0 Å². The van der Waals surface area contributed by atoms with Crippen LogP contribution in [0.3, 0.4) is 0 Å². The number of hydrogen-bond acceptors (Lipinski definition) is 8. The van der Waals surface area contributed by atoms with E-state index in [0.29, 0.717) is 32.3 Å². The highest BCUT2D eigenvalue weighted by molar-refractivity contribution is 7.92. The average molecular weight is 627 g/mol. The summed E-state index contributed by atoms with van der Waals surface area (Å²) in [6.07, 6.45) is -0.110. The van der Waals surface area contributed by atoms with Gasteiger partial charge in [-0.05, 0) is 57.4 Å². The van der Waals surface area contributed by atoms with E-state index in [1.54, 1.807) is 7.11 Å². The summed E-state index contributed by atoms with van der Waals surface area (Å²) < 4.78 is 68.8. The van der Waals surface area contributed by atoms with Crippen molar-refractivity contribution in [3.63, 3.8) is 0 Å². The quantitative estimate of drug-likeness (QED) is 0.308. The van der Waals surface area contributed by atoms with Crippen molar-refractivity contribution in [2.45, 2.75) is 100 Å². The van der Waals surface area contributed by atoms with Crippen LogP contribution in [0, 0.1) is 22.0 Å². The zero-order valence-electron chi connectivity index (χ0n) is 24.3. The molecule has 14 heteroatoms. The van der Waals surface area contributed by atoms with Crippen molar-refractivity contribution in [3.05, 3.63) is 0 Å². The fourth-order valence-corrected chi connectivity index (χ4v) is 10.3. The Hall–Kier alpha value is -0.700. The average Bonchev–Trinajstić information content (AvgIpc) is 3.28. The molecule has 41 heavy (non-hydrogen) atoms. The molecule has 4 saturated heterocycles. The number of carbonyl (C=O) groups is 1. The van der Waals surface area contributed by atoms with Crippen molar-refractivity contribution in [3.8, 4) is 0 Å². The second-order valence-electron chi connectivity index (χ2n) is 13.2. The lowest BCUT2D eigenvalue weighted by Gasteiger charge is -2.59. The van der Waals surface area contributed by atoms with Crippen LogP contribution in [0.2, 0.25) is 0 Å². The molecule has 4 aliphatic heterocycles. The summed E-state index contributed by atoms with van der Waals surface area (Å²) >= 11 is 6.49. The molecule has 1 aliphatic carbocycles. The van der Waals surface area contributed by atoms with E-state index in [1.807, 2.05) is 0 Å². The Morgan fingerprint density at radius 1 is 1.22 bits per heavy atom. The molecule has 3 N–H and O–H groups in total. The van der Waals surface area contributed by atoms with Crippen LogP contribution >= 0.6 is 11.6 Å². The zero-order valence-corrected chi connectivity index (χ0v) is 25.9. The van der Waals surface area contributed by atoms with Crippen molar-refractivity contribution in [1.82, 2.24) is 25.6 Å². The number of hydrazine groups is 1. The summed E-state index contributed by atoms with van der Waals surface area (Å²) in [5, 5.41) is 5.91. The van der Waals surface area contributed by atoms with Gasteiger partial charge in [-0.25, -0.2) is 14.6 Å². The number of likely N-dealkylation sites (tertiary alicyclic amines) is 1. The van der Waals surface area contributed by atoms with Crippen molar-refractivity contribution >= 4 is 27.2 Å². The third-order valence-electron chi connectivity index (χ3n) is 10.5. The number of hydrogen-bond donors (Lipinski definition) is 3. The predicted octanol–water partition coefficient (Wildman–Crippen LogP) is 3.19. The first-order valence-corrected chi connectivity index (χ1v) is 17.3. The van der Waals surface area contributed by atoms with Gasteiger partial charge >= 0.3 is 6.18 Å². The minimum atomic E-state index is -4.53. The summed E-state index contributed by atoms with van der Waals surface area (Å²) in [4.78, 5) is 16.6. The van der Waals surface area contributed by atoms with Crippen LogP contribution in [0.1, 0.15) is 58.3 Å². The van der Waals surface area contributed by atoms with Gasteiger partial charge in [0, 0.05) is 71.8 Å². The Bertz CT molecular complexity index is 1050. The van der Waals surface area contributed by atoms with Gasteiger partial charge in [0.2, 0.25) is 5.91 Å². The van der Waals surface area contributed by atoms with Crippen LogP contribution in [-0.2, 0) is 19.3 Å². The molecule has 1 saturated carbocycles. The molecular formula is C27H46ClF3N6O3S. The number of fused-ring (bicyclic) bond motifs is 3. The molecule has 0 bridgehead atoms. The van der Waals surface area contributed by atoms with Crippen LogP contribution in [0.4, 0.5) is 13.2 Å². The summed E-state index contributed by atoms with van der Waals surface area (Å²) in [5.41, 5.74) is 3.22. The second kappa shape index (κ2) is 12.0.